The molecule has 5 aromatic rings. The van der Waals surface area contributed by atoms with E-state index in [0.717, 1.165) is 37.9 Å². The number of aliphatic hydroxyl groups excluding tert-OH is 1. The number of carbonyl (C=O) groups is 1. The van der Waals surface area contributed by atoms with Crippen LogP contribution in [-0.4, -0.2) is 98.1 Å². The second-order valence-electron chi connectivity index (χ2n) is 10.3. The molecule has 4 N–H and O–H groups in total. The smallest absolute Gasteiger partial charge is 0.244 e. The molecule has 1 aliphatic rings. The van der Waals surface area contributed by atoms with Crippen molar-refractivity contribution in [3.8, 4) is 11.3 Å². The van der Waals surface area contributed by atoms with Gasteiger partial charge in [0.25, 0.3) is 0 Å². The molecule has 1 atom stereocenters. The van der Waals surface area contributed by atoms with Gasteiger partial charge in [-0.25, -0.2) is 19.3 Å². The standard InChI is InChI=1S/C29H32FN9O3/c1-37-8-10-38(11-9-37)25(16-42-2)28(41)35-22-5-3-4-19-20(12-31-27(19)22)26-21(30)13-32-29(36-26)34-18-6-7-24-23(15-40)33-17-39(24)14-18/h3-7,12-14,17,25,31,40H,8-11,15-16H2,1-2H3,(H,35,41)(H,32,34,36). The van der Waals surface area contributed by atoms with Crippen LogP contribution in [0.2, 0.25) is 0 Å². The number of nitrogens with zero attached hydrogens (tertiary/aromatic N) is 6. The van der Waals surface area contributed by atoms with E-state index < -0.39 is 11.9 Å². The lowest BCUT2D eigenvalue weighted by atomic mass is 10.1. The summed E-state index contributed by atoms with van der Waals surface area (Å²) in [6.45, 7) is 3.43. The molecule has 4 aromatic heterocycles. The van der Waals surface area contributed by atoms with E-state index in [1.165, 1.54) is 0 Å². The van der Waals surface area contributed by atoms with Gasteiger partial charge in [-0.3, -0.25) is 9.69 Å². The van der Waals surface area contributed by atoms with E-state index in [-0.39, 0.29) is 30.8 Å². The van der Waals surface area contributed by atoms with E-state index in [1.807, 2.05) is 30.3 Å². The predicted molar refractivity (Wildman–Crippen MR) is 157 cm³/mol. The van der Waals surface area contributed by atoms with Gasteiger partial charge in [0.1, 0.15) is 11.7 Å². The molecule has 42 heavy (non-hydrogen) atoms. The summed E-state index contributed by atoms with van der Waals surface area (Å²) < 4.78 is 22.2. The number of amides is 1. The van der Waals surface area contributed by atoms with Crippen molar-refractivity contribution in [1.29, 1.82) is 0 Å². The largest absolute Gasteiger partial charge is 0.390 e. The maximum Gasteiger partial charge on any atom is 0.244 e. The van der Waals surface area contributed by atoms with Crippen LogP contribution >= 0.6 is 0 Å². The van der Waals surface area contributed by atoms with Gasteiger partial charge in [-0.1, -0.05) is 12.1 Å². The number of imidazole rings is 1. The van der Waals surface area contributed by atoms with Crippen molar-refractivity contribution in [2.45, 2.75) is 12.6 Å². The summed E-state index contributed by atoms with van der Waals surface area (Å²) in [6, 6.07) is 8.67. The quantitative estimate of drug-likeness (QED) is 0.210. The summed E-state index contributed by atoms with van der Waals surface area (Å²) in [5, 5.41) is 16.3. The molecule has 1 unspecified atom stereocenters. The van der Waals surface area contributed by atoms with Crippen LogP contribution in [0.5, 0.6) is 0 Å². The normalized spacial score (nSPS) is 15.3. The highest BCUT2D eigenvalue weighted by Crippen LogP contribution is 2.33. The van der Waals surface area contributed by atoms with Crippen LogP contribution in [0, 0.1) is 5.82 Å². The minimum atomic E-state index is -0.580. The number of ether oxygens (including phenoxy) is 1. The Labute approximate surface area is 241 Å². The molecule has 218 valence electrons. The van der Waals surface area contributed by atoms with E-state index in [4.69, 9.17) is 4.74 Å². The molecular formula is C29H32FN9O3. The third-order valence-electron chi connectivity index (χ3n) is 7.60. The summed E-state index contributed by atoms with van der Waals surface area (Å²) in [4.78, 5) is 33.8. The maximum atomic E-state index is 15.1. The molecule has 1 aliphatic heterocycles. The van der Waals surface area contributed by atoms with Crippen molar-refractivity contribution >= 4 is 39.6 Å². The van der Waals surface area contributed by atoms with Crippen molar-refractivity contribution in [1.82, 2.24) is 34.1 Å². The molecule has 12 nitrogen and oxygen atoms in total. The monoisotopic (exact) mass is 573 g/mol. The Kier molecular flexibility index (Phi) is 7.80. The number of halogens is 1. The second-order valence-corrected chi connectivity index (χ2v) is 10.3. The number of aromatic amines is 1. The number of anilines is 3. The maximum absolute atomic E-state index is 15.1. The van der Waals surface area contributed by atoms with E-state index >= 15 is 4.39 Å². The lowest BCUT2D eigenvalue weighted by Gasteiger charge is -2.36. The average Bonchev–Trinajstić information content (AvgIpc) is 3.62. The van der Waals surface area contributed by atoms with Crippen molar-refractivity contribution < 1.29 is 19.0 Å². The molecular weight excluding hydrogens is 541 g/mol. The Balaban J connectivity index is 1.26. The summed E-state index contributed by atoms with van der Waals surface area (Å²) in [7, 11) is 3.66. The minimum Gasteiger partial charge on any atom is -0.390 e. The first-order valence-electron chi connectivity index (χ1n) is 13.6. The van der Waals surface area contributed by atoms with Gasteiger partial charge in [-0.15, -0.1) is 0 Å². The minimum absolute atomic E-state index is 0.114. The van der Waals surface area contributed by atoms with E-state index in [0.29, 0.717) is 33.5 Å². The molecule has 0 saturated carbocycles. The van der Waals surface area contributed by atoms with Gasteiger partial charge in [0.2, 0.25) is 11.9 Å². The summed E-state index contributed by atoms with van der Waals surface area (Å²) in [5.41, 5.74) is 3.91. The number of piperazine rings is 1. The highest BCUT2D eigenvalue weighted by atomic mass is 19.1. The van der Waals surface area contributed by atoms with Crippen LogP contribution in [0.25, 0.3) is 27.7 Å². The molecule has 0 bridgehead atoms. The molecule has 1 aromatic carbocycles. The first kappa shape index (κ1) is 27.7. The summed E-state index contributed by atoms with van der Waals surface area (Å²) >= 11 is 0. The van der Waals surface area contributed by atoms with Crippen molar-refractivity contribution in [3.63, 3.8) is 0 Å². The number of pyridine rings is 1. The molecule has 0 spiro atoms. The topological polar surface area (TPSA) is 136 Å². The fourth-order valence-electron chi connectivity index (χ4n) is 5.31. The highest BCUT2D eigenvalue weighted by Gasteiger charge is 2.29. The Morgan fingerprint density at radius 2 is 2.02 bits per heavy atom. The number of rotatable bonds is 9. The van der Waals surface area contributed by atoms with Crippen LogP contribution in [0.15, 0.2) is 55.2 Å². The zero-order valence-corrected chi connectivity index (χ0v) is 23.3. The van der Waals surface area contributed by atoms with Gasteiger partial charge in [0, 0.05) is 56.6 Å². The number of H-pyrrole nitrogens is 1. The van der Waals surface area contributed by atoms with Gasteiger partial charge in [-0.05, 0) is 25.2 Å². The van der Waals surface area contributed by atoms with Gasteiger partial charge < -0.3 is 34.8 Å². The van der Waals surface area contributed by atoms with E-state index in [2.05, 4.69) is 47.4 Å². The molecule has 6 rings (SSSR count). The number of hydrogen-bond donors (Lipinski definition) is 4. The fraction of sp³-hybridized carbons (Fsp3) is 0.310. The Morgan fingerprint density at radius 3 is 2.81 bits per heavy atom. The number of benzene rings is 1. The number of likely N-dealkylation sites (N-methyl/N-ethyl adjacent to an activating group) is 1. The lowest BCUT2D eigenvalue weighted by Crippen LogP contribution is -2.54. The lowest BCUT2D eigenvalue weighted by molar-refractivity contribution is -0.124. The SMILES string of the molecule is COCC(C(=O)Nc1cccc2c(-c3nc(Nc4ccc5c(CO)ncn5c4)ncc3F)c[nH]c12)N1CCN(C)CC1. The molecule has 13 heteroatoms. The Hall–Kier alpha value is -4.43. The average molecular weight is 574 g/mol. The summed E-state index contributed by atoms with van der Waals surface area (Å²) in [6.07, 6.45) is 6.19. The van der Waals surface area contributed by atoms with Gasteiger partial charge in [0.05, 0.1) is 53.8 Å². The van der Waals surface area contributed by atoms with Crippen LogP contribution in [0.3, 0.4) is 0 Å². The third-order valence-corrected chi connectivity index (χ3v) is 7.60. The number of carbonyl (C=O) groups excluding carboxylic acids is 1. The molecule has 5 heterocycles. The number of hydrogen-bond acceptors (Lipinski definition) is 9. The number of fused-ring (bicyclic) bond motifs is 2. The van der Waals surface area contributed by atoms with Gasteiger partial charge in [-0.2, -0.15) is 0 Å². The number of aliphatic hydroxyl groups is 1. The van der Waals surface area contributed by atoms with E-state index in [1.54, 1.807) is 30.2 Å². The third kappa shape index (κ3) is 5.42. The molecule has 0 radical (unpaired) electrons. The number of methoxy groups -OCH3 is 1. The molecule has 1 fully saturated rings. The van der Waals surface area contributed by atoms with Crippen molar-refractivity contribution in [3.05, 3.63) is 66.8 Å². The summed E-state index contributed by atoms with van der Waals surface area (Å²) in [5.74, 6) is -0.531. The first-order chi connectivity index (χ1) is 20.4. The second kappa shape index (κ2) is 11.8. The Morgan fingerprint density at radius 1 is 1.19 bits per heavy atom. The van der Waals surface area contributed by atoms with E-state index in [9.17, 15) is 9.90 Å². The first-order valence-corrected chi connectivity index (χ1v) is 13.6. The fourth-order valence-corrected chi connectivity index (χ4v) is 5.31. The van der Waals surface area contributed by atoms with Crippen LogP contribution in [0.1, 0.15) is 5.69 Å². The number of aromatic nitrogens is 5. The van der Waals surface area contributed by atoms with Crippen LogP contribution in [0.4, 0.5) is 21.7 Å². The van der Waals surface area contributed by atoms with Crippen LogP contribution < -0.4 is 10.6 Å². The van der Waals surface area contributed by atoms with Crippen LogP contribution in [-0.2, 0) is 16.1 Å². The zero-order valence-electron chi connectivity index (χ0n) is 23.3. The number of para-hydroxylation sites is 1. The molecule has 1 amide bonds. The van der Waals surface area contributed by atoms with Gasteiger partial charge in [0.15, 0.2) is 5.82 Å². The molecule has 1 saturated heterocycles. The predicted octanol–water partition coefficient (Wildman–Crippen LogP) is 2.85. The van der Waals surface area contributed by atoms with Crippen molar-refractivity contribution in [2.24, 2.45) is 0 Å². The van der Waals surface area contributed by atoms with Crippen molar-refractivity contribution in [2.75, 3.05) is 57.6 Å². The zero-order chi connectivity index (χ0) is 29.2. The molecule has 0 aliphatic carbocycles. The van der Waals surface area contributed by atoms with Gasteiger partial charge >= 0.3 is 0 Å². The number of nitrogens with one attached hydrogen (secondary N) is 3. The Bertz CT molecular complexity index is 1730. The highest BCUT2D eigenvalue weighted by molar-refractivity contribution is 6.06.